The van der Waals surface area contributed by atoms with Crippen LogP contribution < -0.4 is 4.90 Å². The standard InChI is InChI=1S/C22H21N3O4/c1-23(2)17-5-3-15(4-6-17)11-20(26)29-22-13-21(22,14-22)24-10-9-16-12-18(25(27)28)7-8-19(16)24/h3-10,12H,11,13-14H2,1-2H3. The van der Waals surface area contributed by atoms with Crippen molar-refractivity contribution in [2.24, 2.45) is 0 Å². The summed E-state index contributed by atoms with van der Waals surface area (Å²) in [6.45, 7) is 0. The van der Waals surface area contributed by atoms with E-state index in [0.29, 0.717) is 0 Å². The smallest absolute Gasteiger partial charge is 0.310 e. The number of nitro benzene ring substituents is 1. The van der Waals surface area contributed by atoms with Gasteiger partial charge < -0.3 is 14.2 Å². The molecule has 0 spiro atoms. The van der Waals surface area contributed by atoms with Gasteiger partial charge in [-0.15, -0.1) is 0 Å². The molecule has 148 valence electrons. The number of anilines is 1. The monoisotopic (exact) mass is 391 g/mol. The van der Waals surface area contributed by atoms with Gasteiger partial charge in [0.05, 0.1) is 16.9 Å². The highest BCUT2D eigenvalue weighted by molar-refractivity contribution is 5.84. The first-order valence-corrected chi connectivity index (χ1v) is 9.58. The molecule has 0 saturated heterocycles. The van der Waals surface area contributed by atoms with Crippen molar-refractivity contribution in [2.45, 2.75) is 30.4 Å². The van der Waals surface area contributed by atoms with Crippen LogP contribution in [0.3, 0.4) is 0 Å². The molecule has 2 aliphatic rings. The second-order valence-corrected chi connectivity index (χ2v) is 8.28. The molecule has 3 aromatic rings. The van der Waals surface area contributed by atoms with Crippen LogP contribution in [0.4, 0.5) is 11.4 Å². The number of hydrogen-bond donors (Lipinski definition) is 0. The predicted molar refractivity (Wildman–Crippen MR) is 109 cm³/mol. The maximum atomic E-state index is 12.5. The van der Waals surface area contributed by atoms with E-state index in [2.05, 4.69) is 4.57 Å². The van der Waals surface area contributed by atoms with E-state index in [9.17, 15) is 14.9 Å². The van der Waals surface area contributed by atoms with E-state index >= 15 is 0 Å². The molecule has 0 radical (unpaired) electrons. The van der Waals surface area contributed by atoms with Crippen LogP contribution in [-0.4, -0.2) is 35.2 Å². The Kier molecular flexibility index (Phi) is 3.56. The van der Waals surface area contributed by atoms with Gasteiger partial charge in [0.1, 0.15) is 5.60 Å². The lowest BCUT2D eigenvalue weighted by atomic mass is 10.1. The molecule has 2 fully saturated rings. The van der Waals surface area contributed by atoms with Gasteiger partial charge in [0, 0.05) is 61.9 Å². The number of esters is 1. The van der Waals surface area contributed by atoms with Crippen LogP contribution in [0.1, 0.15) is 18.4 Å². The second kappa shape index (κ2) is 5.83. The SMILES string of the molecule is CN(C)c1ccc(CC(=O)OC23CC2(n2ccc4cc([N+](=O)[O-])ccc42)C3)cc1. The third-order valence-corrected chi connectivity index (χ3v) is 6.21. The third kappa shape index (κ3) is 2.68. The Balaban J connectivity index is 1.29. The summed E-state index contributed by atoms with van der Waals surface area (Å²) < 4.78 is 7.98. The van der Waals surface area contributed by atoms with Crippen molar-refractivity contribution in [2.75, 3.05) is 19.0 Å². The number of carbonyl (C=O) groups is 1. The summed E-state index contributed by atoms with van der Waals surface area (Å²) in [6.07, 6.45) is 3.79. The van der Waals surface area contributed by atoms with Crippen molar-refractivity contribution < 1.29 is 14.5 Å². The summed E-state index contributed by atoms with van der Waals surface area (Å²) in [5.74, 6) is -0.214. The highest BCUT2D eigenvalue weighted by Gasteiger charge is 2.88. The normalized spacial score (nSPS) is 24.1. The molecule has 1 aromatic heterocycles. The molecule has 0 atom stereocenters. The lowest BCUT2D eigenvalue weighted by Crippen LogP contribution is -2.14. The predicted octanol–water partition coefficient (Wildman–Crippen LogP) is 3.64. The number of carbonyl (C=O) groups excluding carboxylic acids is 1. The number of benzene rings is 2. The Labute approximate surface area is 167 Å². The van der Waals surface area contributed by atoms with E-state index in [1.165, 1.54) is 6.07 Å². The summed E-state index contributed by atoms with van der Waals surface area (Å²) in [7, 11) is 3.96. The number of ether oxygens (including phenoxy) is 1. The minimum atomic E-state index is -0.415. The Hall–Kier alpha value is -3.35. The van der Waals surface area contributed by atoms with Gasteiger partial charge in [0.2, 0.25) is 0 Å². The first-order chi connectivity index (χ1) is 13.8. The highest BCUT2D eigenvalue weighted by atomic mass is 16.6. The van der Waals surface area contributed by atoms with Crippen LogP contribution in [-0.2, 0) is 21.5 Å². The van der Waals surface area contributed by atoms with E-state index < -0.39 is 5.60 Å². The first kappa shape index (κ1) is 17.7. The van der Waals surface area contributed by atoms with Gasteiger partial charge in [-0.05, 0) is 29.8 Å². The summed E-state index contributed by atoms with van der Waals surface area (Å²) in [6, 6.07) is 14.6. The molecule has 5 rings (SSSR count). The molecular weight excluding hydrogens is 370 g/mol. The zero-order valence-corrected chi connectivity index (χ0v) is 16.3. The largest absolute Gasteiger partial charge is 0.456 e. The summed E-state index contributed by atoms with van der Waals surface area (Å²) in [5.41, 5.74) is 2.44. The van der Waals surface area contributed by atoms with E-state index in [0.717, 1.165) is 35.0 Å². The molecule has 2 saturated carbocycles. The maximum absolute atomic E-state index is 12.5. The lowest BCUT2D eigenvalue weighted by molar-refractivity contribution is -0.384. The molecule has 7 heteroatoms. The number of rotatable bonds is 6. The van der Waals surface area contributed by atoms with Crippen LogP contribution in [0.2, 0.25) is 0 Å². The van der Waals surface area contributed by atoms with Crippen molar-refractivity contribution in [3.8, 4) is 0 Å². The zero-order valence-electron chi connectivity index (χ0n) is 16.3. The molecule has 0 bridgehead atoms. The fraction of sp³-hybridized carbons (Fsp3) is 0.318. The zero-order chi connectivity index (χ0) is 20.4. The molecule has 2 aromatic carbocycles. The maximum Gasteiger partial charge on any atom is 0.310 e. The molecule has 0 unspecified atom stereocenters. The molecular formula is C22H21N3O4. The van der Waals surface area contributed by atoms with Crippen molar-refractivity contribution >= 4 is 28.2 Å². The van der Waals surface area contributed by atoms with Crippen molar-refractivity contribution in [3.63, 3.8) is 0 Å². The van der Waals surface area contributed by atoms with Crippen molar-refractivity contribution in [1.29, 1.82) is 0 Å². The minimum absolute atomic E-state index is 0.0809. The number of nitrogens with zero attached hydrogens (tertiary/aromatic N) is 3. The number of fused-ring (bicyclic) bond motifs is 2. The third-order valence-electron chi connectivity index (χ3n) is 6.21. The molecule has 0 N–H and O–H groups in total. The van der Waals surface area contributed by atoms with Crippen LogP contribution in [0.15, 0.2) is 54.7 Å². The Morgan fingerprint density at radius 1 is 1.17 bits per heavy atom. The van der Waals surface area contributed by atoms with Gasteiger partial charge in [-0.25, -0.2) is 0 Å². The van der Waals surface area contributed by atoms with Crippen LogP contribution in [0, 0.1) is 10.1 Å². The van der Waals surface area contributed by atoms with Gasteiger partial charge in [0.15, 0.2) is 0 Å². The highest BCUT2D eigenvalue weighted by Crippen LogP contribution is 2.78. The number of aromatic nitrogens is 1. The van der Waals surface area contributed by atoms with E-state index in [1.807, 2.05) is 55.5 Å². The molecule has 29 heavy (non-hydrogen) atoms. The molecule has 0 aliphatic heterocycles. The number of non-ortho nitro benzene ring substituents is 1. The minimum Gasteiger partial charge on any atom is -0.456 e. The number of hydrogen-bond acceptors (Lipinski definition) is 5. The number of nitro groups is 1. The fourth-order valence-corrected chi connectivity index (χ4v) is 4.31. The molecule has 7 nitrogen and oxygen atoms in total. The summed E-state index contributed by atoms with van der Waals surface area (Å²) >= 11 is 0. The van der Waals surface area contributed by atoms with E-state index in [1.54, 1.807) is 12.1 Å². The van der Waals surface area contributed by atoms with E-state index in [4.69, 9.17) is 4.74 Å². The Morgan fingerprint density at radius 2 is 1.90 bits per heavy atom. The first-order valence-electron chi connectivity index (χ1n) is 9.58. The van der Waals surface area contributed by atoms with Gasteiger partial charge in [-0.1, -0.05) is 12.1 Å². The van der Waals surface area contributed by atoms with Crippen LogP contribution in [0.5, 0.6) is 0 Å². The summed E-state index contributed by atoms with van der Waals surface area (Å²) in [4.78, 5) is 25.1. The van der Waals surface area contributed by atoms with Gasteiger partial charge in [0.25, 0.3) is 5.69 Å². The van der Waals surface area contributed by atoms with E-state index in [-0.39, 0.29) is 28.5 Å². The average molecular weight is 391 g/mol. The van der Waals surface area contributed by atoms with Crippen molar-refractivity contribution in [3.05, 3.63) is 70.4 Å². The van der Waals surface area contributed by atoms with Crippen LogP contribution >= 0.6 is 0 Å². The summed E-state index contributed by atoms with van der Waals surface area (Å²) in [5, 5.41) is 11.8. The molecule has 0 amide bonds. The average Bonchev–Trinajstić information content (AvgIpc) is 3.40. The fourth-order valence-electron chi connectivity index (χ4n) is 4.31. The van der Waals surface area contributed by atoms with Gasteiger partial charge in [-0.3, -0.25) is 14.9 Å². The second-order valence-electron chi connectivity index (χ2n) is 8.28. The van der Waals surface area contributed by atoms with Gasteiger partial charge in [-0.2, -0.15) is 0 Å². The van der Waals surface area contributed by atoms with Crippen molar-refractivity contribution in [1.82, 2.24) is 4.57 Å². The Morgan fingerprint density at radius 3 is 2.55 bits per heavy atom. The van der Waals surface area contributed by atoms with Crippen LogP contribution in [0.25, 0.3) is 10.9 Å². The Bertz CT molecular complexity index is 1140. The quantitative estimate of drug-likeness (QED) is 0.364. The lowest BCUT2D eigenvalue weighted by Gasteiger charge is -2.12. The van der Waals surface area contributed by atoms with Gasteiger partial charge >= 0.3 is 5.97 Å². The topological polar surface area (TPSA) is 77.6 Å². The molecule has 2 aliphatic carbocycles. The molecule has 1 heterocycles.